The number of hydrogen-bond acceptors (Lipinski definition) is 3. The zero-order valence-corrected chi connectivity index (χ0v) is 11.3. The van der Waals surface area contributed by atoms with E-state index in [1.54, 1.807) is 0 Å². The van der Waals surface area contributed by atoms with Gasteiger partial charge in [0, 0.05) is 12.7 Å². The van der Waals surface area contributed by atoms with Crippen LogP contribution in [0.5, 0.6) is 0 Å². The molecule has 0 aliphatic carbocycles. The van der Waals surface area contributed by atoms with E-state index < -0.39 is 11.9 Å². The van der Waals surface area contributed by atoms with E-state index in [2.05, 4.69) is 0 Å². The minimum atomic E-state index is -0.898. The molecular formula is C15H14O3S. The maximum absolute atomic E-state index is 11.4. The van der Waals surface area contributed by atoms with E-state index in [0.717, 1.165) is 28.1 Å². The van der Waals surface area contributed by atoms with Crippen LogP contribution >= 0.6 is 11.8 Å². The molecule has 2 rings (SSSR count). The highest BCUT2D eigenvalue weighted by Crippen LogP contribution is 2.28. The minimum absolute atomic E-state index is 0.0634. The molecule has 1 N–H and O–H groups in total. The first-order valence-electron chi connectivity index (χ1n) is 5.93. The number of thioether (sulfide) groups is 1. The lowest BCUT2D eigenvalue weighted by Gasteiger charge is -2.14. The molecule has 0 unspecified atom stereocenters. The van der Waals surface area contributed by atoms with Crippen LogP contribution in [0.4, 0.5) is 0 Å². The van der Waals surface area contributed by atoms with E-state index in [0.29, 0.717) is 0 Å². The summed E-state index contributed by atoms with van der Waals surface area (Å²) in [5, 5.41) is 11.3. The number of fused-ring (bicyclic) bond motifs is 1. The standard InChI is InChI=1S/C15H14O3S/c1-10(16)19-9-14(15(17)18)13-8-4-6-11-5-2-3-7-12(11)13/h2-8,14H,9H2,1H3,(H,17,18)/t14-/m1/s1. The summed E-state index contributed by atoms with van der Waals surface area (Å²) in [7, 11) is 0. The molecule has 0 aromatic heterocycles. The smallest absolute Gasteiger partial charge is 0.311 e. The fourth-order valence-electron chi connectivity index (χ4n) is 2.05. The molecule has 0 spiro atoms. The Hall–Kier alpha value is -1.81. The van der Waals surface area contributed by atoms with Crippen LogP contribution in [-0.4, -0.2) is 21.9 Å². The van der Waals surface area contributed by atoms with Gasteiger partial charge in [0.25, 0.3) is 0 Å². The summed E-state index contributed by atoms with van der Waals surface area (Å²) in [4.78, 5) is 22.5. The van der Waals surface area contributed by atoms with Crippen molar-refractivity contribution in [3.63, 3.8) is 0 Å². The van der Waals surface area contributed by atoms with E-state index in [1.807, 2.05) is 42.5 Å². The van der Waals surface area contributed by atoms with Crippen LogP contribution in [0.2, 0.25) is 0 Å². The maximum atomic E-state index is 11.4. The molecule has 0 aliphatic heterocycles. The maximum Gasteiger partial charge on any atom is 0.311 e. The topological polar surface area (TPSA) is 54.4 Å². The van der Waals surface area contributed by atoms with Crippen LogP contribution in [0.3, 0.4) is 0 Å². The number of rotatable bonds is 4. The molecule has 0 saturated carbocycles. The van der Waals surface area contributed by atoms with Crippen molar-refractivity contribution in [3.8, 4) is 0 Å². The second kappa shape index (κ2) is 5.89. The van der Waals surface area contributed by atoms with Crippen molar-refractivity contribution in [2.45, 2.75) is 12.8 Å². The summed E-state index contributed by atoms with van der Waals surface area (Å²) in [6, 6.07) is 13.3. The quantitative estimate of drug-likeness (QED) is 0.929. The average molecular weight is 274 g/mol. The number of benzene rings is 2. The van der Waals surface area contributed by atoms with E-state index >= 15 is 0 Å². The molecule has 0 amide bonds. The van der Waals surface area contributed by atoms with Gasteiger partial charge in [-0.1, -0.05) is 54.2 Å². The van der Waals surface area contributed by atoms with Crippen LogP contribution in [0.1, 0.15) is 18.4 Å². The molecule has 0 heterocycles. The largest absolute Gasteiger partial charge is 0.481 e. The molecule has 0 saturated heterocycles. The zero-order valence-electron chi connectivity index (χ0n) is 10.5. The Balaban J connectivity index is 2.44. The van der Waals surface area contributed by atoms with Gasteiger partial charge in [0.05, 0.1) is 5.92 Å². The second-order valence-corrected chi connectivity index (χ2v) is 5.46. The molecule has 98 valence electrons. The molecule has 19 heavy (non-hydrogen) atoms. The molecule has 4 heteroatoms. The molecule has 2 aromatic rings. The predicted octanol–water partition coefficient (Wildman–Crippen LogP) is 3.29. The number of carboxylic acids is 1. The van der Waals surface area contributed by atoms with Gasteiger partial charge in [0.1, 0.15) is 0 Å². The highest BCUT2D eigenvalue weighted by atomic mass is 32.2. The second-order valence-electron chi connectivity index (χ2n) is 4.26. The third kappa shape index (κ3) is 3.15. The minimum Gasteiger partial charge on any atom is -0.481 e. The van der Waals surface area contributed by atoms with Crippen molar-refractivity contribution in [1.29, 1.82) is 0 Å². The average Bonchev–Trinajstić information content (AvgIpc) is 2.38. The van der Waals surface area contributed by atoms with Gasteiger partial charge in [0.15, 0.2) is 5.12 Å². The molecule has 1 atom stereocenters. The van der Waals surface area contributed by atoms with Gasteiger partial charge in [0.2, 0.25) is 0 Å². The van der Waals surface area contributed by atoms with Crippen LogP contribution in [0.25, 0.3) is 10.8 Å². The van der Waals surface area contributed by atoms with E-state index in [4.69, 9.17) is 0 Å². The van der Waals surface area contributed by atoms with Crippen molar-refractivity contribution in [2.75, 3.05) is 5.75 Å². The summed E-state index contributed by atoms with van der Waals surface area (Å²) < 4.78 is 0. The SMILES string of the molecule is CC(=O)SC[C@@H](C(=O)O)c1cccc2ccccc12. The predicted molar refractivity (Wildman–Crippen MR) is 77.5 cm³/mol. The highest BCUT2D eigenvalue weighted by molar-refractivity contribution is 8.13. The van der Waals surface area contributed by atoms with Crippen molar-refractivity contribution in [1.82, 2.24) is 0 Å². The summed E-state index contributed by atoms with van der Waals surface area (Å²) in [6.45, 7) is 1.45. The monoisotopic (exact) mass is 274 g/mol. The Morgan fingerprint density at radius 2 is 1.84 bits per heavy atom. The van der Waals surface area contributed by atoms with Crippen molar-refractivity contribution < 1.29 is 14.7 Å². The van der Waals surface area contributed by atoms with Gasteiger partial charge in [-0.05, 0) is 16.3 Å². The molecule has 0 aliphatic rings. The van der Waals surface area contributed by atoms with Crippen LogP contribution in [-0.2, 0) is 9.59 Å². The number of hydrogen-bond donors (Lipinski definition) is 1. The van der Waals surface area contributed by atoms with Crippen LogP contribution in [0, 0.1) is 0 Å². The van der Waals surface area contributed by atoms with Gasteiger partial charge < -0.3 is 5.11 Å². The van der Waals surface area contributed by atoms with Gasteiger partial charge in [-0.2, -0.15) is 0 Å². The Morgan fingerprint density at radius 3 is 2.53 bits per heavy atom. The summed E-state index contributed by atoms with van der Waals surface area (Å²) in [5.74, 6) is -1.30. The van der Waals surface area contributed by atoms with E-state index in [-0.39, 0.29) is 10.9 Å². The Morgan fingerprint density at radius 1 is 1.16 bits per heavy atom. The number of carboxylic acid groups (broad SMARTS) is 1. The fourth-order valence-corrected chi connectivity index (χ4v) is 2.77. The van der Waals surface area contributed by atoms with E-state index in [1.165, 1.54) is 6.92 Å². The molecule has 0 fully saturated rings. The van der Waals surface area contributed by atoms with Gasteiger partial charge >= 0.3 is 5.97 Å². The summed E-state index contributed by atoms with van der Waals surface area (Å²) >= 11 is 1.05. The van der Waals surface area contributed by atoms with Crippen molar-refractivity contribution in [3.05, 3.63) is 48.0 Å². The van der Waals surface area contributed by atoms with Crippen molar-refractivity contribution in [2.24, 2.45) is 0 Å². The highest BCUT2D eigenvalue weighted by Gasteiger charge is 2.22. The molecule has 0 bridgehead atoms. The molecule has 0 radical (unpaired) electrons. The normalized spacial score (nSPS) is 12.3. The molecule has 2 aromatic carbocycles. The number of carbonyl (C=O) groups is 2. The summed E-state index contributed by atoms with van der Waals surface area (Å²) in [6.07, 6.45) is 0. The number of carbonyl (C=O) groups excluding carboxylic acids is 1. The first-order chi connectivity index (χ1) is 9.09. The third-order valence-electron chi connectivity index (χ3n) is 2.95. The van der Waals surface area contributed by atoms with Gasteiger partial charge in [-0.25, -0.2) is 0 Å². The summed E-state index contributed by atoms with van der Waals surface area (Å²) in [5.41, 5.74) is 0.763. The Kier molecular flexibility index (Phi) is 4.22. The lowest BCUT2D eigenvalue weighted by molar-refractivity contribution is -0.138. The van der Waals surface area contributed by atoms with Crippen LogP contribution in [0.15, 0.2) is 42.5 Å². The lowest BCUT2D eigenvalue weighted by Crippen LogP contribution is -2.15. The van der Waals surface area contributed by atoms with Crippen molar-refractivity contribution >= 4 is 33.6 Å². The lowest BCUT2D eigenvalue weighted by atomic mass is 9.95. The number of aliphatic carboxylic acids is 1. The Labute approximate surface area is 115 Å². The van der Waals surface area contributed by atoms with Crippen LogP contribution < -0.4 is 0 Å². The Bertz CT molecular complexity index is 616. The van der Waals surface area contributed by atoms with E-state index in [9.17, 15) is 14.7 Å². The zero-order chi connectivity index (χ0) is 13.8. The molecule has 3 nitrogen and oxygen atoms in total. The first-order valence-corrected chi connectivity index (χ1v) is 6.92. The molecular weight excluding hydrogens is 260 g/mol. The third-order valence-corrected chi connectivity index (χ3v) is 3.86. The first kappa shape index (κ1) is 13.6. The van der Waals surface area contributed by atoms with Gasteiger partial charge in [-0.15, -0.1) is 0 Å². The van der Waals surface area contributed by atoms with Gasteiger partial charge in [-0.3, -0.25) is 9.59 Å². The fraction of sp³-hybridized carbons (Fsp3) is 0.200.